The molecule has 4 aromatic rings. The van der Waals surface area contributed by atoms with Crippen molar-refractivity contribution in [3.05, 3.63) is 97.6 Å². The van der Waals surface area contributed by atoms with Crippen LogP contribution in [-0.2, 0) is 29.4 Å². The lowest BCUT2D eigenvalue weighted by Gasteiger charge is -2.21. The van der Waals surface area contributed by atoms with Gasteiger partial charge in [0.2, 0.25) is 10.0 Å². The highest BCUT2D eigenvalue weighted by Gasteiger charge is 2.23. The van der Waals surface area contributed by atoms with Crippen LogP contribution in [0.5, 0.6) is 0 Å². The average molecular weight is 527 g/mol. The average Bonchev–Trinajstić information content (AvgIpc) is 3.17. The predicted octanol–water partition coefficient (Wildman–Crippen LogP) is 6.07. The van der Waals surface area contributed by atoms with E-state index in [-0.39, 0.29) is 15.8 Å². The van der Waals surface area contributed by atoms with Gasteiger partial charge < -0.3 is 0 Å². The van der Waals surface area contributed by atoms with E-state index in [4.69, 9.17) is 11.6 Å². The van der Waals surface area contributed by atoms with E-state index >= 15 is 0 Å². The minimum absolute atomic E-state index is 0.150. The molecule has 0 saturated heterocycles. The van der Waals surface area contributed by atoms with Crippen molar-refractivity contribution in [1.82, 2.24) is 9.29 Å². The molecule has 0 unspecified atom stereocenters. The van der Waals surface area contributed by atoms with Gasteiger partial charge in [0.15, 0.2) is 0 Å². The van der Waals surface area contributed by atoms with Gasteiger partial charge in [-0.15, -0.1) is 0 Å². The number of nitrogens with zero attached hydrogens (tertiary/aromatic N) is 1. The SMILES string of the molecule is CC[C@@H](NS(=O)(=O)c1ccc2c(c1)sc(=O)n2Cc1ccccc1Cl)c1ccc2c(c1)CCCC2. The molecule has 5 rings (SSSR count). The summed E-state index contributed by atoms with van der Waals surface area (Å²) in [6, 6.07) is 18.3. The lowest BCUT2D eigenvalue weighted by molar-refractivity contribution is 0.549. The number of benzene rings is 3. The van der Waals surface area contributed by atoms with Crippen LogP contribution >= 0.6 is 22.9 Å². The predicted molar refractivity (Wildman–Crippen MR) is 143 cm³/mol. The zero-order chi connectivity index (χ0) is 24.6. The van der Waals surface area contributed by atoms with Crippen LogP contribution in [0.3, 0.4) is 0 Å². The molecule has 0 radical (unpaired) electrons. The Morgan fingerprint density at radius 1 is 1.03 bits per heavy atom. The summed E-state index contributed by atoms with van der Waals surface area (Å²) >= 11 is 7.32. The Balaban J connectivity index is 1.43. The maximum atomic E-state index is 13.3. The third kappa shape index (κ3) is 4.96. The summed E-state index contributed by atoms with van der Waals surface area (Å²) in [6.07, 6.45) is 5.18. The highest BCUT2D eigenvalue weighted by molar-refractivity contribution is 7.89. The van der Waals surface area contributed by atoms with Gasteiger partial charge in [-0.25, -0.2) is 13.1 Å². The number of halogens is 1. The largest absolute Gasteiger partial charge is 0.308 e. The Hall–Kier alpha value is -2.45. The van der Waals surface area contributed by atoms with E-state index in [0.717, 1.165) is 35.3 Å². The Bertz CT molecular complexity index is 1560. The molecule has 5 nitrogen and oxygen atoms in total. The van der Waals surface area contributed by atoms with Crippen LogP contribution in [0, 0.1) is 0 Å². The van der Waals surface area contributed by atoms with Crippen LogP contribution in [0.2, 0.25) is 5.02 Å². The molecule has 0 bridgehead atoms. The molecule has 1 aliphatic rings. The van der Waals surface area contributed by atoms with Crippen molar-refractivity contribution >= 4 is 43.2 Å². The molecule has 1 aliphatic carbocycles. The summed E-state index contributed by atoms with van der Waals surface area (Å²) in [4.78, 5) is 12.7. The number of rotatable bonds is 7. The Kier molecular flexibility index (Phi) is 6.86. The number of aryl methyl sites for hydroxylation is 2. The van der Waals surface area contributed by atoms with Gasteiger partial charge in [0.05, 0.1) is 21.7 Å². The van der Waals surface area contributed by atoms with Gasteiger partial charge in [0.25, 0.3) is 0 Å². The summed E-state index contributed by atoms with van der Waals surface area (Å²) in [7, 11) is -3.78. The number of hydrogen-bond donors (Lipinski definition) is 1. The summed E-state index contributed by atoms with van der Waals surface area (Å²) in [5, 5.41) is 0.593. The molecule has 1 heterocycles. The second-order valence-corrected chi connectivity index (χ2v) is 12.1. The van der Waals surface area contributed by atoms with E-state index in [1.54, 1.807) is 28.8 Å². The first-order chi connectivity index (χ1) is 16.9. The van der Waals surface area contributed by atoms with Gasteiger partial charge >= 0.3 is 4.87 Å². The third-order valence-electron chi connectivity index (χ3n) is 6.72. The molecule has 0 fully saturated rings. The molecule has 1 atom stereocenters. The van der Waals surface area contributed by atoms with Crippen molar-refractivity contribution in [2.24, 2.45) is 0 Å². The van der Waals surface area contributed by atoms with Crippen LogP contribution < -0.4 is 9.60 Å². The molecule has 0 aliphatic heterocycles. The second kappa shape index (κ2) is 9.90. The molecule has 0 amide bonds. The quantitative estimate of drug-likeness (QED) is 0.317. The normalized spacial score (nSPS) is 14.7. The first-order valence-electron chi connectivity index (χ1n) is 11.9. The second-order valence-electron chi connectivity index (χ2n) is 8.99. The van der Waals surface area contributed by atoms with Gasteiger partial charge in [-0.05, 0) is 78.6 Å². The molecule has 182 valence electrons. The molecule has 35 heavy (non-hydrogen) atoms. The van der Waals surface area contributed by atoms with Crippen LogP contribution in [0.25, 0.3) is 10.2 Å². The summed E-state index contributed by atoms with van der Waals surface area (Å²) in [5.41, 5.74) is 5.23. The lowest BCUT2D eigenvalue weighted by Crippen LogP contribution is -2.28. The van der Waals surface area contributed by atoms with Gasteiger partial charge in [0.1, 0.15) is 0 Å². The number of sulfonamides is 1. The van der Waals surface area contributed by atoms with Crippen LogP contribution in [0.1, 0.15) is 54.5 Å². The minimum Gasteiger partial charge on any atom is -0.294 e. The third-order valence-corrected chi connectivity index (χ3v) is 9.50. The topological polar surface area (TPSA) is 68.2 Å². The van der Waals surface area contributed by atoms with Crippen molar-refractivity contribution in [3.63, 3.8) is 0 Å². The standard InChI is InChI=1S/C27H27ClN2O3S2/c1-2-24(20-12-11-18-7-3-4-8-19(18)15-20)29-35(32,33)22-13-14-25-26(16-22)34-27(31)30(25)17-21-9-5-6-10-23(21)28/h5-6,9-16,24,29H,2-4,7-8,17H2,1H3/t24-/m1/s1. The first-order valence-corrected chi connectivity index (χ1v) is 14.5. The van der Waals surface area contributed by atoms with E-state index < -0.39 is 10.0 Å². The summed E-state index contributed by atoms with van der Waals surface area (Å²) in [5.74, 6) is 0. The molecular formula is C27H27ClN2O3S2. The number of nitrogens with one attached hydrogen (secondary N) is 1. The van der Waals surface area contributed by atoms with Crippen molar-refractivity contribution in [2.45, 2.75) is 56.5 Å². The molecular weight excluding hydrogens is 500 g/mol. The van der Waals surface area contributed by atoms with Gasteiger partial charge in [-0.2, -0.15) is 0 Å². The van der Waals surface area contributed by atoms with E-state index in [1.165, 1.54) is 24.0 Å². The van der Waals surface area contributed by atoms with Crippen molar-refractivity contribution < 1.29 is 8.42 Å². The Labute approximate surface area is 214 Å². The molecule has 3 aromatic carbocycles. The van der Waals surface area contributed by atoms with E-state index in [9.17, 15) is 13.2 Å². The van der Waals surface area contributed by atoms with Crippen molar-refractivity contribution in [3.8, 4) is 0 Å². The van der Waals surface area contributed by atoms with Gasteiger partial charge in [-0.3, -0.25) is 9.36 Å². The molecule has 0 saturated carbocycles. The van der Waals surface area contributed by atoms with Crippen molar-refractivity contribution in [2.75, 3.05) is 0 Å². The van der Waals surface area contributed by atoms with Gasteiger partial charge in [-0.1, -0.05) is 66.3 Å². The Morgan fingerprint density at radius 2 is 1.80 bits per heavy atom. The number of fused-ring (bicyclic) bond motifs is 2. The highest BCUT2D eigenvalue weighted by Crippen LogP contribution is 2.29. The zero-order valence-corrected chi connectivity index (χ0v) is 21.8. The molecule has 8 heteroatoms. The van der Waals surface area contributed by atoms with E-state index in [0.29, 0.717) is 28.2 Å². The van der Waals surface area contributed by atoms with Crippen molar-refractivity contribution in [1.29, 1.82) is 0 Å². The van der Waals surface area contributed by atoms with E-state index in [2.05, 4.69) is 16.9 Å². The molecule has 1 N–H and O–H groups in total. The van der Waals surface area contributed by atoms with Crippen LogP contribution in [0.15, 0.2) is 70.4 Å². The monoisotopic (exact) mass is 526 g/mol. The van der Waals surface area contributed by atoms with Crippen LogP contribution in [-0.4, -0.2) is 13.0 Å². The Morgan fingerprint density at radius 3 is 2.57 bits per heavy atom. The fourth-order valence-electron chi connectivity index (χ4n) is 4.77. The number of hydrogen-bond acceptors (Lipinski definition) is 4. The van der Waals surface area contributed by atoms with Gasteiger partial charge in [0, 0.05) is 11.1 Å². The first kappa shape index (κ1) is 24.3. The summed E-state index contributed by atoms with van der Waals surface area (Å²) in [6.45, 7) is 2.32. The lowest BCUT2D eigenvalue weighted by atomic mass is 9.89. The molecule has 1 aromatic heterocycles. The summed E-state index contributed by atoms with van der Waals surface area (Å²) < 4.78 is 31.8. The number of thiazole rings is 1. The number of aromatic nitrogens is 1. The fraction of sp³-hybridized carbons (Fsp3) is 0.296. The maximum absolute atomic E-state index is 13.3. The highest BCUT2D eigenvalue weighted by atomic mass is 35.5. The minimum atomic E-state index is -3.78. The zero-order valence-electron chi connectivity index (χ0n) is 19.5. The smallest absolute Gasteiger partial charge is 0.294 e. The van der Waals surface area contributed by atoms with Crippen LogP contribution in [0.4, 0.5) is 0 Å². The molecule has 0 spiro atoms. The van der Waals surface area contributed by atoms with E-state index in [1.807, 2.05) is 31.2 Å². The maximum Gasteiger partial charge on any atom is 0.308 e. The fourth-order valence-corrected chi connectivity index (χ4v) is 7.31.